The number of rotatable bonds is 1. The normalized spacial score (nSPS) is 9.92. The molecule has 0 bridgehead atoms. The molecular formula is C8H9ClN2O. The minimum atomic E-state index is -0.464. The Kier molecular flexibility index (Phi) is 2.33. The summed E-state index contributed by atoms with van der Waals surface area (Å²) in [4.78, 5) is 14.8. The Bertz CT molecular complexity index is 313. The molecule has 3 nitrogen and oxygen atoms in total. The van der Waals surface area contributed by atoms with E-state index in [9.17, 15) is 4.79 Å². The molecule has 0 aliphatic heterocycles. The van der Waals surface area contributed by atoms with Crippen LogP contribution in [0.4, 0.5) is 0 Å². The summed E-state index contributed by atoms with van der Waals surface area (Å²) >= 11 is 5.66. The van der Waals surface area contributed by atoms with Gasteiger partial charge in [0.25, 0.3) is 5.91 Å². The third kappa shape index (κ3) is 1.56. The second-order valence-corrected chi connectivity index (χ2v) is 2.97. The lowest BCUT2D eigenvalue weighted by atomic mass is 10.1. The predicted molar refractivity (Wildman–Crippen MR) is 47.2 cm³/mol. The third-order valence-electron chi connectivity index (χ3n) is 1.61. The molecule has 1 amide bonds. The fourth-order valence-corrected chi connectivity index (χ4v) is 1.45. The van der Waals surface area contributed by atoms with Gasteiger partial charge in [0, 0.05) is 0 Å². The van der Waals surface area contributed by atoms with Gasteiger partial charge in [-0.3, -0.25) is 4.79 Å². The molecule has 0 saturated heterocycles. The highest BCUT2D eigenvalue weighted by atomic mass is 35.5. The van der Waals surface area contributed by atoms with E-state index in [0.29, 0.717) is 16.4 Å². The molecule has 0 fully saturated rings. The van der Waals surface area contributed by atoms with Crippen molar-refractivity contribution in [1.82, 2.24) is 4.98 Å². The number of carbonyl (C=O) groups is 1. The molecule has 1 aromatic rings. The highest BCUT2D eigenvalue weighted by Crippen LogP contribution is 2.15. The van der Waals surface area contributed by atoms with Gasteiger partial charge in [-0.05, 0) is 25.5 Å². The number of aromatic nitrogens is 1. The molecule has 0 aliphatic rings. The number of nitrogens with zero attached hydrogens (tertiary/aromatic N) is 1. The van der Waals surface area contributed by atoms with Crippen LogP contribution in [0.25, 0.3) is 0 Å². The van der Waals surface area contributed by atoms with Gasteiger partial charge in [-0.1, -0.05) is 11.6 Å². The summed E-state index contributed by atoms with van der Waals surface area (Å²) in [6.07, 6.45) is 0. The minimum Gasteiger partial charge on any atom is -0.366 e. The van der Waals surface area contributed by atoms with Crippen LogP contribution in [-0.2, 0) is 0 Å². The number of primary amides is 1. The van der Waals surface area contributed by atoms with E-state index in [2.05, 4.69) is 4.98 Å². The first kappa shape index (κ1) is 9.00. The molecule has 1 rings (SSSR count). The second kappa shape index (κ2) is 3.11. The maximum absolute atomic E-state index is 10.9. The van der Waals surface area contributed by atoms with Crippen LogP contribution in [0.3, 0.4) is 0 Å². The number of hydrogen-bond acceptors (Lipinski definition) is 2. The van der Waals surface area contributed by atoms with Crippen LogP contribution in [-0.4, -0.2) is 10.9 Å². The lowest BCUT2D eigenvalue weighted by Gasteiger charge is -2.04. The standard InChI is InChI=1S/C8H9ClN2O/c1-4-3-6(9)11-5(2)7(4)8(10)12/h3H,1-2H3,(H2,10,12). The maximum atomic E-state index is 10.9. The topological polar surface area (TPSA) is 56.0 Å². The van der Waals surface area contributed by atoms with Crippen LogP contribution in [0.15, 0.2) is 6.07 Å². The molecule has 0 aliphatic carbocycles. The largest absolute Gasteiger partial charge is 0.366 e. The first-order chi connectivity index (χ1) is 5.52. The number of aryl methyl sites for hydroxylation is 2. The summed E-state index contributed by atoms with van der Waals surface area (Å²) in [5.41, 5.74) is 6.94. The Balaban J connectivity index is 3.38. The maximum Gasteiger partial charge on any atom is 0.250 e. The van der Waals surface area contributed by atoms with Crippen molar-refractivity contribution in [3.05, 3.63) is 28.0 Å². The number of halogens is 1. The summed E-state index contributed by atoms with van der Waals surface area (Å²) in [7, 11) is 0. The number of carbonyl (C=O) groups excluding carboxylic acids is 1. The van der Waals surface area contributed by atoms with Crippen molar-refractivity contribution < 1.29 is 4.79 Å². The zero-order valence-electron chi connectivity index (χ0n) is 6.89. The van der Waals surface area contributed by atoms with Crippen LogP contribution >= 0.6 is 11.6 Å². The Morgan fingerprint density at radius 3 is 2.58 bits per heavy atom. The van der Waals surface area contributed by atoms with E-state index in [1.165, 1.54) is 0 Å². The van der Waals surface area contributed by atoms with Crippen LogP contribution in [0.2, 0.25) is 5.15 Å². The fourth-order valence-electron chi connectivity index (χ4n) is 1.16. The van der Waals surface area contributed by atoms with Crippen molar-refractivity contribution >= 4 is 17.5 Å². The lowest BCUT2D eigenvalue weighted by Crippen LogP contribution is -2.15. The molecule has 4 heteroatoms. The summed E-state index contributed by atoms with van der Waals surface area (Å²) in [6.45, 7) is 3.49. The van der Waals surface area contributed by atoms with E-state index >= 15 is 0 Å². The zero-order valence-corrected chi connectivity index (χ0v) is 7.64. The van der Waals surface area contributed by atoms with Crippen molar-refractivity contribution in [3.8, 4) is 0 Å². The summed E-state index contributed by atoms with van der Waals surface area (Å²) in [6, 6.07) is 1.62. The highest BCUT2D eigenvalue weighted by molar-refractivity contribution is 6.29. The first-order valence-corrected chi connectivity index (χ1v) is 3.83. The Labute approximate surface area is 75.6 Å². The summed E-state index contributed by atoms with van der Waals surface area (Å²) < 4.78 is 0. The van der Waals surface area contributed by atoms with Crippen molar-refractivity contribution in [2.24, 2.45) is 5.73 Å². The van der Waals surface area contributed by atoms with Gasteiger partial charge in [0.1, 0.15) is 5.15 Å². The van der Waals surface area contributed by atoms with Crippen LogP contribution in [0.5, 0.6) is 0 Å². The molecule has 0 aromatic carbocycles. The lowest BCUT2D eigenvalue weighted by molar-refractivity contribution is 0.0999. The Morgan fingerprint density at radius 1 is 1.58 bits per heavy atom. The zero-order chi connectivity index (χ0) is 9.30. The predicted octanol–water partition coefficient (Wildman–Crippen LogP) is 1.45. The van der Waals surface area contributed by atoms with Gasteiger partial charge in [0.2, 0.25) is 0 Å². The van der Waals surface area contributed by atoms with Gasteiger partial charge in [-0.2, -0.15) is 0 Å². The quantitative estimate of drug-likeness (QED) is 0.672. The molecule has 1 heterocycles. The Hall–Kier alpha value is -1.09. The molecule has 1 aromatic heterocycles. The van der Waals surface area contributed by atoms with Crippen molar-refractivity contribution in [2.45, 2.75) is 13.8 Å². The smallest absolute Gasteiger partial charge is 0.250 e. The number of amides is 1. The van der Waals surface area contributed by atoms with Gasteiger partial charge in [0.15, 0.2) is 0 Å². The molecule has 0 spiro atoms. The fraction of sp³-hybridized carbons (Fsp3) is 0.250. The molecule has 0 atom stereocenters. The third-order valence-corrected chi connectivity index (χ3v) is 1.81. The monoisotopic (exact) mass is 184 g/mol. The second-order valence-electron chi connectivity index (χ2n) is 2.59. The number of nitrogens with two attached hydrogens (primary N) is 1. The first-order valence-electron chi connectivity index (χ1n) is 3.46. The summed E-state index contributed by atoms with van der Waals surface area (Å²) in [5.74, 6) is -0.464. The van der Waals surface area contributed by atoms with Crippen LogP contribution in [0.1, 0.15) is 21.6 Å². The van der Waals surface area contributed by atoms with E-state index in [4.69, 9.17) is 17.3 Å². The van der Waals surface area contributed by atoms with Gasteiger partial charge >= 0.3 is 0 Å². The highest BCUT2D eigenvalue weighted by Gasteiger charge is 2.10. The molecule has 0 unspecified atom stereocenters. The van der Waals surface area contributed by atoms with Gasteiger partial charge in [-0.25, -0.2) is 4.98 Å². The molecule has 12 heavy (non-hydrogen) atoms. The Morgan fingerprint density at radius 2 is 2.17 bits per heavy atom. The van der Waals surface area contributed by atoms with Gasteiger partial charge in [-0.15, -0.1) is 0 Å². The van der Waals surface area contributed by atoms with E-state index in [0.717, 1.165) is 5.56 Å². The van der Waals surface area contributed by atoms with E-state index in [1.807, 2.05) is 0 Å². The van der Waals surface area contributed by atoms with Crippen LogP contribution < -0.4 is 5.73 Å². The summed E-state index contributed by atoms with van der Waals surface area (Å²) in [5, 5.41) is 0.384. The van der Waals surface area contributed by atoms with Crippen molar-refractivity contribution in [2.75, 3.05) is 0 Å². The number of hydrogen-bond donors (Lipinski definition) is 1. The molecule has 2 N–H and O–H groups in total. The van der Waals surface area contributed by atoms with E-state index in [-0.39, 0.29) is 0 Å². The van der Waals surface area contributed by atoms with Crippen LogP contribution in [0, 0.1) is 13.8 Å². The minimum absolute atomic E-state index is 0.384. The molecule has 0 saturated carbocycles. The molecular weight excluding hydrogens is 176 g/mol. The molecule has 0 radical (unpaired) electrons. The van der Waals surface area contributed by atoms with E-state index < -0.39 is 5.91 Å². The van der Waals surface area contributed by atoms with Crippen molar-refractivity contribution in [1.29, 1.82) is 0 Å². The van der Waals surface area contributed by atoms with Gasteiger partial charge in [0.05, 0.1) is 11.3 Å². The van der Waals surface area contributed by atoms with Crippen molar-refractivity contribution in [3.63, 3.8) is 0 Å². The average Bonchev–Trinajstić information content (AvgIpc) is 1.82. The average molecular weight is 185 g/mol. The molecule has 64 valence electrons. The number of pyridine rings is 1. The van der Waals surface area contributed by atoms with E-state index in [1.54, 1.807) is 19.9 Å². The van der Waals surface area contributed by atoms with Gasteiger partial charge < -0.3 is 5.73 Å². The SMILES string of the molecule is Cc1cc(Cl)nc(C)c1C(N)=O.